The maximum absolute atomic E-state index is 11.4. The van der Waals surface area contributed by atoms with Gasteiger partial charge in [0.1, 0.15) is 0 Å². The van der Waals surface area contributed by atoms with Gasteiger partial charge in [0.2, 0.25) is 0 Å². The van der Waals surface area contributed by atoms with Crippen molar-refractivity contribution in [3.63, 3.8) is 0 Å². The van der Waals surface area contributed by atoms with Crippen LogP contribution in [0.2, 0.25) is 0 Å². The monoisotopic (exact) mass is 501 g/mol. The number of rotatable bonds is 12. The summed E-state index contributed by atoms with van der Waals surface area (Å²) in [5.74, 6) is 0.149. The number of aromatic nitrogens is 1. The Labute approximate surface area is 218 Å². The van der Waals surface area contributed by atoms with Gasteiger partial charge in [-0.15, -0.1) is 0 Å². The molecule has 1 heterocycles. The topological polar surface area (TPSA) is 70.4 Å². The van der Waals surface area contributed by atoms with Crippen LogP contribution in [0.5, 0.6) is 0 Å². The molecule has 0 saturated heterocycles. The third-order valence-corrected chi connectivity index (χ3v) is 8.53. The van der Waals surface area contributed by atoms with Crippen LogP contribution in [0.4, 0.5) is 0 Å². The third kappa shape index (κ3) is 7.31. The lowest BCUT2D eigenvalue weighted by atomic mass is 9.90. The Bertz CT molecular complexity index is 1200. The van der Waals surface area contributed by atoms with Gasteiger partial charge in [0, 0.05) is 17.2 Å². The molecule has 1 aliphatic carbocycles. The number of benzene rings is 2. The van der Waals surface area contributed by atoms with Gasteiger partial charge in [-0.3, -0.25) is 9.78 Å². The highest BCUT2D eigenvalue weighted by Gasteiger charge is 2.44. The molecular formula is C31H35NO3S. The molecule has 4 nitrogen and oxygen atoms in total. The molecule has 1 fully saturated rings. The van der Waals surface area contributed by atoms with Crippen LogP contribution in [0.3, 0.4) is 0 Å². The number of carbonyl (C=O) groups is 1. The predicted octanol–water partition coefficient (Wildman–Crippen LogP) is 7.14. The molecule has 4 rings (SSSR count). The van der Waals surface area contributed by atoms with Gasteiger partial charge in [-0.1, -0.05) is 60.7 Å². The number of hydrogen-bond donors (Lipinski definition) is 2. The molecule has 36 heavy (non-hydrogen) atoms. The Hall–Kier alpha value is -2.89. The molecule has 1 aromatic heterocycles. The van der Waals surface area contributed by atoms with Crippen molar-refractivity contribution in [2.45, 2.75) is 56.8 Å². The Morgan fingerprint density at radius 3 is 2.56 bits per heavy atom. The first-order valence-electron chi connectivity index (χ1n) is 12.6. The quantitative estimate of drug-likeness (QED) is 0.276. The van der Waals surface area contributed by atoms with Crippen molar-refractivity contribution in [2.24, 2.45) is 5.41 Å². The van der Waals surface area contributed by atoms with E-state index in [4.69, 9.17) is 0 Å². The fraction of sp³-hybridized carbons (Fsp3) is 0.355. The van der Waals surface area contributed by atoms with Crippen LogP contribution in [-0.2, 0) is 16.8 Å². The average molecular weight is 502 g/mol. The number of aryl methyl sites for hydroxylation is 1. The van der Waals surface area contributed by atoms with Crippen LogP contribution in [0.1, 0.15) is 72.7 Å². The van der Waals surface area contributed by atoms with E-state index in [1.165, 1.54) is 5.56 Å². The van der Waals surface area contributed by atoms with Crippen molar-refractivity contribution in [3.8, 4) is 0 Å². The van der Waals surface area contributed by atoms with E-state index in [0.717, 1.165) is 53.8 Å². The summed E-state index contributed by atoms with van der Waals surface area (Å²) in [5, 5.41) is 20.3. The van der Waals surface area contributed by atoms with Gasteiger partial charge in [-0.05, 0) is 85.4 Å². The normalized spacial score (nSPS) is 15.6. The summed E-state index contributed by atoms with van der Waals surface area (Å²) in [4.78, 5) is 15.8. The van der Waals surface area contributed by atoms with E-state index in [0.29, 0.717) is 0 Å². The molecule has 0 radical (unpaired) electrons. The van der Waals surface area contributed by atoms with Gasteiger partial charge < -0.3 is 10.2 Å². The van der Waals surface area contributed by atoms with Crippen molar-refractivity contribution >= 4 is 29.9 Å². The lowest BCUT2D eigenvalue weighted by molar-refractivity contribution is -0.138. The second-order valence-corrected chi connectivity index (χ2v) is 11.6. The molecule has 0 spiro atoms. The molecule has 5 heteroatoms. The summed E-state index contributed by atoms with van der Waals surface area (Å²) in [6, 6.07) is 22.6. The lowest BCUT2D eigenvalue weighted by Gasteiger charge is -2.24. The molecule has 2 aromatic carbocycles. The molecule has 0 bridgehead atoms. The molecule has 2 N–H and O–H groups in total. The number of aliphatic hydroxyl groups is 1. The summed E-state index contributed by atoms with van der Waals surface area (Å²) in [6.07, 6.45) is 9.89. The number of hydrogen-bond acceptors (Lipinski definition) is 4. The maximum atomic E-state index is 11.4. The molecular weight excluding hydrogens is 466 g/mol. The first-order chi connectivity index (χ1) is 17.2. The standard InChI is InChI=1S/C31H35NO3S/c1-30(2,35)27-12-4-3-9-24(27)14-16-28(36-22-31(17-18-31)21-29(33)34)25-10-7-8-23(20-25)13-15-26-11-5-6-19-32-26/h3-13,15,19-20,28,35H,14,16-18,21-22H2,1-2H3,(H,33,34)/b15-13+/t28-/m1/s1. The van der Waals surface area contributed by atoms with E-state index in [1.807, 2.05) is 68.1 Å². The predicted molar refractivity (Wildman–Crippen MR) is 149 cm³/mol. The van der Waals surface area contributed by atoms with Crippen LogP contribution in [-0.4, -0.2) is 26.9 Å². The highest BCUT2D eigenvalue weighted by Crippen LogP contribution is 2.53. The van der Waals surface area contributed by atoms with Crippen molar-refractivity contribution in [2.75, 3.05) is 5.75 Å². The first-order valence-corrected chi connectivity index (χ1v) is 13.6. The van der Waals surface area contributed by atoms with Crippen LogP contribution in [0, 0.1) is 5.41 Å². The third-order valence-electron chi connectivity index (χ3n) is 6.84. The fourth-order valence-corrected chi connectivity index (χ4v) is 6.20. The number of pyridine rings is 1. The lowest BCUT2D eigenvalue weighted by Crippen LogP contribution is -2.18. The highest BCUT2D eigenvalue weighted by atomic mass is 32.2. The van der Waals surface area contributed by atoms with Crippen LogP contribution in [0.25, 0.3) is 12.2 Å². The van der Waals surface area contributed by atoms with Gasteiger partial charge in [0.15, 0.2) is 0 Å². The van der Waals surface area contributed by atoms with Gasteiger partial charge in [-0.2, -0.15) is 11.8 Å². The minimum atomic E-state index is -0.894. The van der Waals surface area contributed by atoms with Crippen molar-refractivity contribution < 1.29 is 15.0 Å². The Morgan fingerprint density at radius 1 is 1.08 bits per heavy atom. The zero-order chi connectivity index (χ0) is 25.6. The smallest absolute Gasteiger partial charge is 0.303 e. The molecule has 188 valence electrons. The molecule has 0 aliphatic heterocycles. The van der Waals surface area contributed by atoms with Crippen molar-refractivity contribution in [1.29, 1.82) is 0 Å². The van der Waals surface area contributed by atoms with Gasteiger partial charge >= 0.3 is 5.97 Å². The minimum absolute atomic E-state index is 0.0593. The van der Waals surface area contributed by atoms with E-state index in [1.54, 1.807) is 6.20 Å². The summed E-state index contributed by atoms with van der Waals surface area (Å²) in [7, 11) is 0. The summed E-state index contributed by atoms with van der Waals surface area (Å²) in [6.45, 7) is 3.66. The van der Waals surface area contributed by atoms with E-state index in [9.17, 15) is 15.0 Å². The van der Waals surface area contributed by atoms with Gasteiger partial charge in [-0.25, -0.2) is 0 Å². The van der Waals surface area contributed by atoms with Gasteiger partial charge in [0.05, 0.1) is 17.7 Å². The molecule has 3 aromatic rings. The zero-order valence-corrected chi connectivity index (χ0v) is 21.9. The largest absolute Gasteiger partial charge is 0.481 e. The van der Waals surface area contributed by atoms with Gasteiger partial charge in [0.25, 0.3) is 0 Å². The molecule has 1 saturated carbocycles. The fourth-order valence-electron chi connectivity index (χ4n) is 4.63. The minimum Gasteiger partial charge on any atom is -0.481 e. The maximum Gasteiger partial charge on any atom is 0.303 e. The number of carboxylic acid groups (broad SMARTS) is 1. The van der Waals surface area contributed by atoms with Crippen LogP contribution in [0.15, 0.2) is 72.9 Å². The Balaban J connectivity index is 1.54. The second kappa shape index (κ2) is 11.4. The molecule has 0 amide bonds. The number of carboxylic acids is 1. The summed E-state index contributed by atoms with van der Waals surface area (Å²) in [5.41, 5.74) is 4.45. The summed E-state index contributed by atoms with van der Waals surface area (Å²) >= 11 is 1.88. The second-order valence-electron chi connectivity index (χ2n) is 10.4. The molecule has 0 unspecified atom stereocenters. The van der Waals surface area contributed by atoms with E-state index in [-0.39, 0.29) is 17.1 Å². The first kappa shape index (κ1) is 26.2. The Kier molecular flexibility index (Phi) is 8.32. The van der Waals surface area contributed by atoms with Crippen molar-refractivity contribution in [3.05, 3.63) is 101 Å². The Morgan fingerprint density at radius 2 is 1.86 bits per heavy atom. The summed E-state index contributed by atoms with van der Waals surface area (Å²) < 4.78 is 0. The van der Waals surface area contributed by atoms with E-state index >= 15 is 0 Å². The zero-order valence-electron chi connectivity index (χ0n) is 21.1. The van der Waals surface area contributed by atoms with E-state index < -0.39 is 11.6 Å². The van der Waals surface area contributed by atoms with Crippen LogP contribution >= 0.6 is 11.8 Å². The highest BCUT2D eigenvalue weighted by molar-refractivity contribution is 7.99. The SMILES string of the molecule is CC(C)(O)c1ccccc1CC[C@@H](SCC1(CC(=O)O)CC1)c1cccc(/C=C/c2ccccn2)c1. The average Bonchev–Trinajstić information content (AvgIpc) is 3.62. The number of aliphatic carboxylic acids is 1. The van der Waals surface area contributed by atoms with Crippen LogP contribution < -0.4 is 0 Å². The number of nitrogens with zero attached hydrogens (tertiary/aromatic N) is 1. The molecule has 1 atom stereocenters. The van der Waals surface area contributed by atoms with Crippen molar-refractivity contribution in [1.82, 2.24) is 4.98 Å². The van der Waals surface area contributed by atoms with E-state index in [2.05, 4.69) is 41.4 Å². The molecule has 1 aliphatic rings. The number of thioether (sulfide) groups is 1.